The number of hydrogen-bond acceptors (Lipinski definition) is 4. The monoisotopic (exact) mass is 436 g/mol. The minimum Gasteiger partial charge on any atom is -0.489 e. The van der Waals surface area contributed by atoms with E-state index in [9.17, 15) is 9.59 Å². The lowest BCUT2D eigenvalue weighted by Crippen LogP contribution is -2.20. The summed E-state index contributed by atoms with van der Waals surface area (Å²) in [6.07, 6.45) is -1.02. The van der Waals surface area contributed by atoms with E-state index in [-0.39, 0.29) is 5.78 Å². The average molecular weight is 437 g/mol. The van der Waals surface area contributed by atoms with Gasteiger partial charge in [0.1, 0.15) is 12.4 Å². The maximum absolute atomic E-state index is 13.1. The molecular weight excluding hydrogens is 412 g/mol. The summed E-state index contributed by atoms with van der Waals surface area (Å²) in [4.78, 5) is 26.0. The smallest absolute Gasteiger partial charge is 0.339 e. The Morgan fingerprint density at radius 1 is 0.697 bits per heavy atom. The second-order valence-corrected chi connectivity index (χ2v) is 7.72. The van der Waals surface area contributed by atoms with E-state index in [2.05, 4.69) is 0 Å². The lowest BCUT2D eigenvalue weighted by molar-refractivity contribution is 0.0280. The molecule has 4 aromatic rings. The zero-order chi connectivity index (χ0) is 23.0. The maximum Gasteiger partial charge on any atom is 0.339 e. The molecule has 0 aliphatic rings. The van der Waals surface area contributed by atoms with Crippen LogP contribution in [0.3, 0.4) is 0 Å². The van der Waals surface area contributed by atoms with Crippen LogP contribution in [-0.2, 0) is 11.3 Å². The predicted molar refractivity (Wildman–Crippen MR) is 127 cm³/mol. The Morgan fingerprint density at radius 3 is 1.94 bits per heavy atom. The van der Waals surface area contributed by atoms with Crippen molar-refractivity contribution in [3.8, 4) is 5.75 Å². The van der Waals surface area contributed by atoms with E-state index in [1.54, 1.807) is 48.5 Å². The van der Waals surface area contributed by atoms with Gasteiger partial charge in [0.15, 0.2) is 6.10 Å². The van der Waals surface area contributed by atoms with E-state index in [4.69, 9.17) is 9.47 Å². The number of Topliss-reactive ketones (excluding diaryl/α,β-unsaturated/α-hetero) is 1. The number of aryl methyl sites for hydroxylation is 1. The Bertz CT molecular complexity index is 1200. The van der Waals surface area contributed by atoms with E-state index in [1.807, 2.05) is 67.6 Å². The number of ketones is 1. The Hall–Kier alpha value is -4.18. The van der Waals surface area contributed by atoms with Crippen molar-refractivity contribution >= 4 is 11.8 Å². The van der Waals surface area contributed by atoms with Crippen molar-refractivity contribution in [3.05, 3.63) is 137 Å². The van der Waals surface area contributed by atoms with Gasteiger partial charge in [-0.1, -0.05) is 90.5 Å². The summed E-state index contributed by atoms with van der Waals surface area (Å²) in [6.45, 7) is 2.41. The minimum absolute atomic E-state index is 0.265. The molecule has 0 fully saturated rings. The summed E-state index contributed by atoms with van der Waals surface area (Å²) < 4.78 is 11.5. The largest absolute Gasteiger partial charge is 0.489 e. The van der Waals surface area contributed by atoms with Crippen LogP contribution in [0.5, 0.6) is 5.75 Å². The van der Waals surface area contributed by atoms with Crippen LogP contribution in [0.4, 0.5) is 0 Å². The van der Waals surface area contributed by atoms with E-state index in [0.717, 1.165) is 11.3 Å². The first-order valence-corrected chi connectivity index (χ1v) is 10.7. The van der Waals surface area contributed by atoms with Gasteiger partial charge in [-0.15, -0.1) is 0 Å². The number of ether oxygens (including phenoxy) is 2. The number of benzene rings is 4. The highest BCUT2D eigenvalue weighted by Gasteiger charge is 2.26. The number of hydrogen-bond donors (Lipinski definition) is 0. The normalized spacial score (nSPS) is 11.4. The van der Waals surface area contributed by atoms with Crippen molar-refractivity contribution in [2.45, 2.75) is 19.6 Å². The molecule has 0 unspecified atom stereocenters. The molecule has 0 bridgehead atoms. The highest BCUT2D eigenvalue weighted by molar-refractivity contribution is 6.02. The lowest BCUT2D eigenvalue weighted by atomic mass is 9.99. The molecule has 0 saturated carbocycles. The van der Waals surface area contributed by atoms with E-state index in [0.29, 0.717) is 23.3 Å². The summed E-state index contributed by atoms with van der Waals surface area (Å²) in [5.74, 6) is -0.0355. The van der Waals surface area contributed by atoms with Gasteiger partial charge in [0.2, 0.25) is 5.78 Å². The Labute approximate surface area is 193 Å². The first-order chi connectivity index (χ1) is 16.1. The van der Waals surface area contributed by atoms with Gasteiger partial charge in [-0.2, -0.15) is 0 Å². The Kier molecular flexibility index (Phi) is 6.96. The molecule has 0 aliphatic carbocycles. The van der Waals surface area contributed by atoms with Gasteiger partial charge in [-0.25, -0.2) is 4.79 Å². The molecule has 164 valence electrons. The number of carbonyl (C=O) groups is 2. The summed E-state index contributed by atoms with van der Waals surface area (Å²) in [5.41, 5.74) is 3.58. The molecule has 0 amide bonds. The van der Waals surface area contributed by atoms with Crippen LogP contribution in [0.1, 0.15) is 43.5 Å². The summed E-state index contributed by atoms with van der Waals surface area (Å²) in [5, 5.41) is 0. The summed E-state index contributed by atoms with van der Waals surface area (Å²) in [7, 11) is 0. The molecule has 0 aromatic heterocycles. The topological polar surface area (TPSA) is 52.6 Å². The van der Waals surface area contributed by atoms with Crippen LogP contribution in [0.15, 0.2) is 109 Å². The second kappa shape index (κ2) is 10.4. The van der Waals surface area contributed by atoms with Gasteiger partial charge in [-0.3, -0.25) is 4.79 Å². The van der Waals surface area contributed by atoms with Crippen molar-refractivity contribution in [1.82, 2.24) is 0 Å². The first-order valence-electron chi connectivity index (χ1n) is 10.7. The molecule has 4 heteroatoms. The molecule has 4 nitrogen and oxygen atoms in total. The van der Waals surface area contributed by atoms with Crippen LogP contribution < -0.4 is 4.74 Å². The number of carbonyl (C=O) groups excluding carboxylic acids is 2. The standard InChI is InChI=1S/C29H24O4/c1-21-12-18-26(19-13-21)32-20-22-14-16-25(17-15-22)29(31)33-28(24-10-6-3-7-11-24)27(30)23-8-4-2-5-9-23/h2-19,28H,20H2,1H3/t28-/m0/s1. The molecule has 0 heterocycles. The zero-order valence-electron chi connectivity index (χ0n) is 18.3. The number of esters is 1. The molecule has 33 heavy (non-hydrogen) atoms. The Balaban J connectivity index is 1.46. The van der Waals surface area contributed by atoms with Gasteiger partial charge in [-0.05, 0) is 36.8 Å². The highest BCUT2D eigenvalue weighted by atomic mass is 16.5. The SMILES string of the molecule is Cc1ccc(OCc2ccc(C(=O)O[C@H](C(=O)c3ccccc3)c3ccccc3)cc2)cc1. The third-order valence-electron chi connectivity index (χ3n) is 5.24. The van der Waals surface area contributed by atoms with Gasteiger partial charge in [0.25, 0.3) is 0 Å². The second-order valence-electron chi connectivity index (χ2n) is 7.72. The number of rotatable bonds is 8. The van der Waals surface area contributed by atoms with Crippen molar-refractivity contribution < 1.29 is 19.1 Å². The van der Waals surface area contributed by atoms with Gasteiger partial charge >= 0.3 is 5.97 Å². The Morgan fingerprint density at radius 2 is 1.30 bits per heavy atom. The summed E-state index contributed by atoms with van der Waals surface area (Å²) in [6, 6.07) is 32.7. The van der Waals surface area contributed by atoms with E-state index < -0.39 is 12.1 Å². The van der Waals surface area contributed by atoms with Gasteiger partial charge in [0, 0.05) is 11.1 Å². The highest BCUT2D eigenvalue weighted by Crippen LogP contribution is 2.24. The molecule has 0 N–H and O–H groups in total. The van der Waals surface area contributed by atoms with Gasteiger partial charge < -0.3 is 9.47 Å². The van der Waals surface area contributed by atoms with Crippen molar-refractivity contribution in [2.24, 2.45) is 0 Å². The molecule has 4 aromatic carbocycles. The maximum atomic E-state index is 13.1. The van der Waals surface area contributed by atoms with Crippen LogP contribution in [0, 0.1) is 6.92 Å². The molecule has 1 atom stereocenters. The quantitative estimate of drug-likeness (QED) is 0.238. The molecule has 0 spiro atoms. The van der Waals surface area contributed by atoms with Crippen molar-refractivity contribution in [2.75, 3.05) is 0 Å². The minimum atomic E-state index is -1.02. The van der Waals surface area contributed by atoms with Crippen LogP contribution >= 0.6 is 0 Å². The third kappa shape index (κ3) is 5.74. The average Bonchev–Trinajstić information content (AvgIpc) is 2.88. The lowest BCUT2D eigenvalue weighted by Gasteiger charge is -2.17. The zero-order valence-corrected chi connectivity index (χ0v) is 18.3. The van der Waals surface area contributed by atoms with E-state index in [1.165, 1.54) is 5.56 Å². The van der Waals surface area contributed by atoms with Crippen LogP contribution in [-0.4, -0.2) is 11.8 Å². The third-order valence-corrected chi connectivity index (χ3v) is 5.24. The fourth-order valence-corrected chi connectivity index (χ4v) is 3.37. The fourth-order valence-electron chi connectivity index (χ4n) is 3.37. The van der Waals surface area contributed by atoms with Crippen molar-refractivity contribution in [3.63, 3.8) is 0 Å². The molecule has 4 rings (SSSR count). The fraction of sp³-hybridized carbons (Fsp3) is 0.103. The summed E-state index contributed by atoms with van der Waals surface area (Å²) >= 11 is 0. The van der Waals surface area contributed by atoms with Gasteiger partial charge in [0.05, 0.1) is 5.56 Å². The molecule has 0 saturated heterocycles. The van der Waals surface area contributed by atoms with Crippen LogP contribution in [0.2, 0.25) is 0 Å². The first kappa shape index (κ1) is 22.0. The molecule has 0 radical (unpaired) electrons. The predicted octanol–water partition coefficient (Wildman–Crippen LogP) is 6.36. The van der Waals surface area contributed by atoms with Crippen molar-refractivity contribution in [1.29, 1.82) is 0 Å². The molecular formula is C29H24O4. The van der Waals surface area contributed by atoms with E-state index >= 15 is 0 Å². The van der Waals surface area contributed by atoms with Crippen LogP contribution in [0.25, 0.3) is 0 Å². The molecule has 0 aliphatic heterocycles.